The maximum atomic E-state index is 12.2. The van der Waals surface area contributed by atoms with E-state index in [9.17, 15) is 31.2 Å². The first kappa shape index (κ1) is 21.4. The van der Waals surface area contributed by atoms with Crippen LogP contribution in [0.4, 0.5) is 13.2 Å². The highest BCUT2D eigenvalue weighted by molar-refractivity contribution is 7.85. The minimum atomic E-state index is -4.84. The highest BCUT2D eigenvalue weighted by Crippen LogP contribution is 2.33. The standard InChI is InChI=1S/C14H8O2.C7H5F3O3S/c15-13-9-5-1-2-6-10(9)14(16)12-8-4-3-7-11(12)13;8-7(9,10)5-3-1-2-4-6(5)14(11,12)13/h1-8H;1-4H,(H,11,12,13). The third-order valence-electron chi connectivity index (χ3n) is 4.30. The topological polar surface area (TPSA) is 88.5 Å². The molecule has 0 amide bonds. The van der Waals surface area contributed by atoms with Crippen LogP contribution < -0.4 is 0 Å². The monoisotopic (exact) mass is 434 g/mol. The van der Waals surface area contributed by atoms with Crippen LogP contribution in [0.5, 0.6) is 0 Å². The highest BCUT2D eigenvalue weighted by Gasteiger charge is 2.36. The maximum Gasteiger partial charge on any atom is 0.417 e. The van der Waals surface area contributed by atoms with Crippen molar-refractivity contribution in [3.05, 3.63) is 101 Å². The van der Waals surface area contributed by atoms with Crippen LogP contribution in [-0.4, -0.2) is 24.5 Å². The third kappa shape index (κ3) is 4.17. The molecule has 0 atom stereocenters. The molecule has 1 aliphatic rings. The highest BCUT2D eigenvalue weighted by atomic mass is 32.2. The Morgan fingerprint density at radius 1 is 0.633 bits per heavy atom. The van der Waals surface area contributed by atoms with Crippen molar-refractivity contribution >= 4 is 21.7 Å². The van der Waals surface area contributed by atoms with Gasteiger partial charge < -0.3 is 0 Å². The van der Waals surface area contributed by atoms with Gasteiger partial charge in [-0.3, -0.25) is 14.1 Å². The van der Waals surface area contributed by atoms with Crippen LogP contribution in [-0.2, 0) is 16.3 Å². The van der Waals surface area contributed by atoms with Gasteiger partial charge in [0.05, 0.1) is 5.56 Å². The molecule has 0 aromatic heterocycles. The summed E-state index contributed by atoms with van der Waals surface area (Å²) in [6.07, 6.45) is -4.80. The number of hydrogen-bond acceptors (Lipinski definition) is 4. The van der Waals surface area contributed by atoms with Gasteiger partial charge in [-0.25, -0.2) is 0 Å². The van der Waals surface area contributed by atoms with Crippen LogP contribution in [0.15, 0.2) is 77.7 Å². The fourth-order valence-corrected chi connectivity index (χ4v) is 3.69. The van der Waals surface area contributed by atoms with Crippen LogP contribution in [0.2, 0.25) is 0 Å². The lowest BCUT2D eigenvalue weighted by Gasteiger charge is -2.16. The molecule has 0 saturated carbocycles. The molecule has 9 heteroatoms. The molecular formula is C21H13F3O5S. The number of alkyl halides is 3. The molecule has 0 spiro atoms. The number of ketones is 2. The maximum absolute atomic E-state index is 12.2. The van der Waals surface area contributed by atoms with Gasteiger partial charge in [0.2, 0.25) is 0 Å². The number of benzene rings is 3. The normalized spacial score (nSPS) is 13.1. The predicted molar refractivity (Wildman–Crippen MR) is 101 cm³/mol. The minimum absolute atomic E-state index is 0.0641. The molecule has 5 nitrogen and oxygen atoms in total. The Labute approximate surface area is 169 Å². The quantitative estimate of drug-likeness (QED) is 0.448. The first-order valence-electron chi connectivity index (χ1n) is 8.43. The van der Waals surface area contributed by atoms with E-state index in [-0.39, 0.29) is 11.6 Å². The van der Waals surface area contributed by atoms with Gasteiger partial charge in [0.25, 0.3) is 10.1 Å². The molecule has 154 valence electrons. The first-order chi connectivity index (χ1) is 14.0. The van der Waals surface area contributed by atoms with E-state index in [1.807, 2.05) is 0 Å². The average Bonchev–Trinajstić information content (AvgIpc) is 2.71. The van der Waals surface area contributed by atoms with E-state index in [1.54, 1.807) is 48.5 Å². The average molecular weight is 434 g/mol. The second kappa shape index (κ2) is 7.85. The van der Waals surface area contributed by atoms with E-state index >= 15 is 0 Å². The first-order valence-corrected chi connectivity index (χ1v) is 9.87. The number of carbonyl (C=O) groups excluding carboxylic acids is 2. The van der Waals surface area contributed by atoms with Gasteiger partial charge in [-0.15, -0.1) is 0 Å². The van der Waals surface area contributed by atoms with Crippen molar-refractivity contribution in [2.24, 2.45) is 0 Å². The summed E-state index contributed by atoms with van der Waals surface area (Å²) in [4.78, 5) is 23.1. The fourth-order valence-electron chi connectivity index (χ4n) is 2.97. The number of hydrogen-bond donors (Lipinski definition) is 1. The fraction of sp³-hybridized carbons (Fsp3) is 0.0476. The van der Waals surface area contributed by atoms with Crippen LogP contribution in [0.25, 0.3) is 0 Å². The lowest BCUT2D eigenvalue weighted by Crippen LogP contribution is -2.20. The van der Waals surface area contributed by atoms with Crippen molar-refractivity contribution in [3.63, 3.8) is 0 Å². The molecule has 3 aromatic rings. The van der Waals surface area contributed by atoms with E-state index in [2.05, 4.69) is 0 Å². The van der Waals surface area contributed by atoms with Gasteiger partial charge in [-0.05, 0) is 12.1 Å². The molecule has 30 heavy (non-hydrogen) atoms. The molecule has 0 aliphatic heterocycles. The van der Waals surface area contributed by atoms with Gasteiger partial charge in [-0.1, -0.05) is 60.7 Å². The molecule has 0 bridgehead atoms. The second-order valence-electron chi connectivity index (χ2n) is 6.22. The Morgan fingerprint density at radius 2 is 0.967 bits per heavy atom. The summed E-state index contributed by atoms with van der Waals surface area (Å²) in [6, 6.07) is 17.3. The summed E-state index contributed by atoms with van der Waals surface area (Å²) in [5.74, 6) is -0.128. The molecule has 0 fully saturated rings. The zero-order chi connectivity index (χ0) is 22.1. The number of carbonyl (C=O) groups is 2. The number of halogens is 3. The lowest BCUT2D eigenvalue weighted by molar-refractivity contribution is -0.140. The van der Waals surface area contributed by atoms with Crippen LogP contribution in [0, 0.1) is 0 Å². The zero-order valence-electron chi connectivity index (χ0n) is 15.1. The van der Waals surface area contributed by atoms with Gasteiger partial charge >= 0.3 is 6.18 Å². The van der Waals surface area contributed by atoms with Crippen LogP contribution in [0.1, 0.15) is 37.4 Å². The predicted octanol–water partition coefficient (Wildman–Crippen LogP) is 4.41. The van der Waals surface area contributed by atoms with Crippen molar-refractivity contribution in [1.29, 1.82) is 0 Å². The smallest absolute Gasteiger partial charge is 0.289 e. The molecule has 1 aliphatic carbocycles. The molecule has 0 heterocycles. The van der Waals surface area contributed by atoms with E-state index in [1.165, 1.54) is 0 Å². The van der Waals surface area contributed by atoms with E-state index in [0.29, 0.717) is 34.4 Å². The van der Waals surface area contributed by atoms with Crippen LogP contribution >= 0.6 is 0 Å². The summed E-state index contributed by atoms with van der Waals surface area (Å²) < 4.78 is 66.2. The SMILES string of the molecule is O=C1c2ccccc2C(=O)c2ccccc21.O=S(=O)(O)c1ccccc1C(F)(F)F. The van der Waals surface area contributed by atoms with Crippen molar-refractivity contribution in [3.8, 4) is 0 Å². The Balaban J connectivity index is 0.000000173. The lowest BCUT2D eigenvalue weighted by atomic mass is 9.84. The Morgan fingerprint density at radius 3 is 1.27 bits per heavy atom. The number of rotatable bonds is 1. The van der Waals surface area contributed by atoms with Crippen molar-refractivity contribution < 1.29 is 35.7 Å². The van der Waals surface area contributed by atoms with Gasteiger partial charge in [0.15, 0.2) is 11.6 Å². The molecular weight excluding hydrogens is 421 g/mol. The molecule has 4 rings (SSSR count). The summed E-state index contributed by atoms with van der Waals surface area (Å²) >= 11 is 0. The Bertz CT molecular complexity index is 1140. The summed E-state index contributed by atoms with van der Waals surface area (Å²) in [7, 11) is -4.84. The molecule has 0 radical (unpaired) electrons. The molecule has 3 aromatic carbocycles. The van der Waals surface area contributed by atoms with Crippen LogP contribution in [0.3, 0.4) is 0 Å². The van der Waals surface area contributed by atoms with E-state index < -0.39 is 26.8 Å². The Kier molecular flexibility index (Phi) is 5.60. The second-order valence-corrected chi connectivity index (χ2v) is 7.61. The zero-order valence-corrected chi connectivity index (χ0v) is 15.9. The van der Waals surface area contributed by atoms with Crippen molar-refractivity contribution in [2.75, 3.05) is 0 Å². The number of fused-ring (bicyclic) bond motifs is 2. The third-order valence-corrected chi connectivity index (χ3v) is 5.21. The van der Waals surface area contributed by atoms with Crippen molar-refractivity contribution in [1.82, 2.24) is 0 Å². The van der Waals surface area contributed by atoms with Crippen molar-refractivity contribution in [2.45, 2.75) is 11.1 Å². The molecule has 0 unspecified atom stereocenters. The summed E-state index contributed by atoms with van der Waals surface area (Å²) in [6.45, 7) is 0. The van der Waals surface area contributed by atoms with Gasteiger partial charge in [-0.2, -0.15) is 21.6 Å². The van der Waals surface area contributed by atoms with E-state index in [0.717, 1.165) is 12.1 Å². The summed E-state index contributed by atoms with van der Waals surface area (Å²) in [5.41, 5.74) is 0.650. The summed E-state index contributed by atoms with van der Waals surface area (Å²) in [5, 5.41) is 0. The Hall–Kier alpha value is -3.30. The van der Waals surface area contributed by atoms with E-state index in [4.69, 9.17) is 4.55 Å². The molecule has 0 saturated heterocycles. The molecule has 1 N–H and O–H groups in total. The van der Waals surface area contributed by atoms with Gasteiger partial charge in [0, 0.05) is 22.3 Å². The largest absolute Gasteiger partial charge is 0.417 e. The van der Waals surface area contributed by atoms with Gasteiger partial charge in [0.1, 0.15) is 4.90 Å². The minimum Gasteiger partial charge on any atom is -0.289 e.